The Morgan fingerprint density at radius 1 is 1.21 bits per heavy atom. The fourth-order valence-corrected chi connectivity index (χ4v) is 5.36. The molecule has 1 aliphatic heterocycles. The van der Waals surface area contributed by atoms with E-state index in [1.165, 1.54) is 23.3 Å². The average molecular weight is 401 g/mol. The molecule has 0 bridgehead atoms. The van der Waals surface area contributed by atoms with Gasteiger partial charge in [-0.1, -0.05) is 12.8 Å². The molecule has 6 heteroatoms. The van der Waals surface area contributed by atoms with Gasteiger partial charge in [0.05, 0.1) is 11.4 Å². The van der Waals surface area contributed by atoms with Crippen molar-refractivity contribution in [3.8, 4) is 0 Å². The van der Waals surface area contributed by atoms with E-state index in [1.54, 1.807) is 11.3 Å². The summed E-state index contributed by atoms with van der Waals surface area (Å²) >= 11 is 1.63. The van der Waals surface area contributed by atoms with Crippen molar-refractivity contribution in [2.24, 2.45) is 5.92 Å². The Kier molecular flexibility index (Phi) is 5.85. The summed E-state index contributed by atoms with van der Waals surface area (Å²) < 4.78 is 5.52. The van der Waals surface area contributed by atoms with Gasteiger partial charge in [0, 0.05) is 23.9 Å². The van der Waals surface area contributed by atoms with Gasteiger partial charge in [-0.3, -0.25) is 9.59 Å². The maximum atomic E-state index is 12.9. The van der Waals surface area contributed by atoms with E-state index in [0.717, 1.165) is 61.6 Å². The van der Waals surface area contributed by atoms with Gasteiger partial charge in [0.2, 0.25) is 5.91 Å². The maximum absolute atomic E-state index is 12.9. The first-order chi connectivity index (χ1) is 13.6. The van der Waals surface area contributed by atoms with Crippen molar-refractivity contribution >= 4 is 23.2 Å². The van der Waals surface area contributed by atoms with Crippen LogP contribution >= 0.6 is 11.3 Å². The lowest BCUT2D eigenvalue weighted by Crippen LogP contribution is -2.33. The molecule has 1 saturated heterocycles. The third kappa shape index (κ3) is 4.32. The molecule has 2 aliphatic rings. The van der Waals surface area contributed by atoms with E-state index in [0.29, 0.717) is 6.54 Å². The normalized spacial score (nSPS) is 19.8. The minimum atomic E-state index is -0.0284. The number of thiophene rings is 1. The highest BCUT2D eigenvalue weighted by atomic mass is 32.1. The van der Waals surface area contributed by atoms with Crippen LogP contribution in [-0.2, 0) is 24.2 Å². The Balaban J connectivity index is 1.37. The predicted octanol–water partition coefficient (Wildman–Crippen LogP) is 4.09. The molecule has 150 valence electrons. The topological polar surface area (TPSA) is 62.6 Å². The number of nitrogens with one attached hydrogen (secondary N) is 1. The van der Waals surface area contributed by atoms with Gasteiger partial charge < -0.3 is 14.6 Å². The summed E-state index contributed by atoms with van der Waals surface area (Å²) in [7, 11) is 0. The Labute approximate surface area is 170 Å². The summed E-state index contributed by atoms with van der Waals surface area (Å²) in [5.74, 6) is 1.86. The van der Waals surface area contributed by atoms with Crippen molar-refractivity contribution in [2.75, 3.05) is 13.1 Å². The van der Waals surface area contributed by atoms with Crippen molar-refractivity contribution in [1.82, 2.24) is 10.2 Å². The standard InChI is InChI=1S/C22H28N2O3S/c1-15-6-8-18(27-15)14-23-21(25)16-7-9-19-17(12-16)13-20(28-19)22(26)24-10-4-2-3-5-11-24/h6,8,13,16H,2-5,7,9-12,14H2,1H3,(H,23,25). The van der Waals surface area contributed by atoms with E-state index in [1.807, 2.05) is 30.0 Å². The molecular formula is C22H28N2O3S. The lowest BCUT2D eigenvalue weighted by molar-refractivity contribution is -0.125. The van der Waals surface area contributed by atoms with Gasteiger partial charge >= 0.3 is 0 Å². The van der Waals surface area contributed by atoms with E-state index < -0.39 is 0 Å². The van der Waals surface area contributed by atoms with E-state index in [2.05, 4.69) is 5.32 Å². The van der Waals surface area contributed by atoms with Crippen molar-refractivity contribution in [3.63, 3.8) is 0 Å². The highest BCUT2D eigenvalue weighted by Gasteiger charge is 2.28. The van der Waals surface area contributed by atoms with Crippen LogP contribution in [0.2, 0.25) is 0 Å². The van der Waals surface area contributed by atoms with E-state index in [4.69, 9.17) is 4.42 Å². The highest BCUT2D eigenvalue weighted by molar-refractivity contribution is 7.14. The number of carbonyl (C=O) groups excluding carboxylic acids is 2. The fraction of sp³-hybridized carbons (Fsp3) is 0.545. The lowest BCUT2D eigenvalue weighted by atomic mass is 9.87. The molecule has 4 rings (SSSR count). The molecule has 0 aromatic carbocycles. The largest absolute Gasteiger partial charge is 0.465 e. The number of rotatable bonds is 4. The molecule has 2 aromatic heterocycles. The third-order valence-corrected chi connectivity index (χ3v) is 7.02. The van der Waals surface area contributed by atoms with Gasteiger partial charge in [-0.15, -0.1) is 11.3 Å². The second kappa shape index (κ2) is 8.52. The van der Waals surface area contributed by atoms with Crippen LogP contribution in [0.1, 0.15) is 63.7 Å². The molecule has 1 unspecified atom stereocenters. The van der Waals surface area contributed by atoms with Gasteiger partial charge in [0.15, 0.2) is 0 Å². The number of aryl methyl sites for hydroxylation is 2. The van der Waals surface area contributed by atoms with Gasteiger partial charge in [0.1, 0.15) is 11.5 Å². The minimum absolute atomic E-state index is 0.0284. The number of fused-ring (bicyclic) bond motifs is 1. The van der Waals surface area contributed by atoms with Crippen LogP contribution in [-0.4, -0.2) is 29.8 Å². The Morgan fingerprint density at radius 2 is 2.00 bits per heavy atom. The zero-order chi connectivity index (χ0) is 19.5. The minimum Gasteiger partial charge on any atom is -0.465 e. The number of amides is 2. The monoisotopic (exact) mass is 400 g/mol. The molecule has 3 heterocycles. The van der Waals surface area contributed by atoms with Crippen molar-refractivity contribution in [1.29, 1.82) is 0 Å². The second-order valence-corrected chi connectivity index (χ2v) is 9.07. The molecule has 28 heavy (non-hydrogen) atoms. The molecule has 0 radical (unpaired) electrons. The smallest absolute Gasteiger partial charge is 0.263 e. The first-order valence-corrected chi connectivity index (χ1v) is 11.2. The molecule has 1 fully saturated rings. The zero-order valence-electron chi connectivity index (χ0n) is 16.5. The summed E-state index contributed by atoms with van der Waals surface area (Å²) in [4.78, 5) is 29.6. The fourth-order valence-electron chi connectivity index (χ4n) is 4.18. The average Bonchev–Trinajstić information content (AvgIpc) is 3.21. The molecule has 0 spiro atoms. The van der Waals surface area contributed by atoms with Crippen LogP contribution in [0, 0.1) is 12.8 Å². The molecule has 1 atom stereocenters. The zero-order valence-corrected chi connectivity index (χ0v) is 17.3. The number of hydrogen-bond acceptors (Lipinski definition) is 4. The molecule has 2 amide bonds. The highest BCUT2D eigenvalue weighted by Crippen LogP contribution is 2.33. The number of likely N-dealkylation sites (tertiary alicyclic amines) is 1. The summed E-state index contributed by atoms with van der Waals surface area (Å²) in [5, 5.41) is 3.00. The van der Waals surface area contributed by atoms with E-state index in [-0.39, 0.29) is 17.7 Å². The Morgan fingerprint density at radius 3 is 2.71 bits per heavy atom. The van der Waals surface area contributed by atoms with E-state index >= 15 is 0 Å². The van der Waals surface area contributed by atoms with Crippen molar-refractivity contribution in [2.45, 2.75) is 58.4 Å². The predicted molar refractivity (Wildman–Crippen MR) is 109 cm³/mol. The van der Waals surface area contributed by atoms with Crippen LogP contribution in [0.3, 0.4) is 0 Å². The first kappa shape index (κ1) is 19.2. The molecule has 2 aromatic rings. The van der Waals surface area contributed by atoms with E-state index in [9.17, 15) is 9.59 Å². The van der Waals surface area contributed by atoms with Crippen LogP contribution in [0.25, 0.3) is 0 Å². The number of nitrogens with zero attached hydrogens (tertiary/aromatic N) is 1. The maximum Gasteiger partial charge on any atom is 0.263 e. The Bertz CT molecular complexity index is 846. The quantitative estimate of drug-likeness (QED) is 0.841. The second-order valence-electron chi connectivity index (χ2n) is 7.94. The third-order valence-electron chi connectivity index (χ3n) is 5.79. The first-order valence-electron chi connectivity index (χ1n) is 10.3. The summed E-state index contributed by atoms with van der Waals surface area (Å²) in [5.41, 5.74) is 1.18. The lowest BCUT2D eigenvalue weighted by Gasteiger charge is -2.21. The van der Waals surface area contributed by atoms with Gasteiger partial charge in [-0.05, 0) is 62.8 Å². The van der Waals surface area contributed by atoms with Crippen LogP contribution < -0.4 is 5.32 Å². The van der Waals surface area contributed by atoms with Crippen LogP contribution in [0.4, 0.5) is 0 Å². The molecule has 1 N–H and O–H groups in total. The molecule has 1 aliphatic carbocycles. The summed E-state index contributed by atoms with van der Waals surface area (Å²) in [6.45, 7) is 4.07. The number of carbonyl (C=O) groups is 2. The van der Waals surface area contributed by atoms with Crippen LogP contribution in [0.5, 0.6) is 0 Å². The van der Waals surface area contributed by atoms with Crippen molar-refractivity contribution < 1.29 is 14.0 Å². The SMILES string of the molecule is Cc1ccc(CNC(=O)C2CCc3sc(C(=O)N4CCCCCC4)cc3C2)o1. The molecule has 5 nitrogen and oxygen atoms in total. The summed E-state index contributed by atoms with van der Waals surface area (Å²) in [6, 6.07) is 5.85. The van der Waals surface area contributed by atoms with Gasteiger partial charge in [-0.25, -0.2) is 0 Å². The molecular weight excluding hydrogens is 372 g/mol. The molecule has 0 saturated carbocycles. The Hall–Kier alpha value is -2.08. The van der Waals surface area contributed by atoms with Crippen molar-refractivity contribution in [3.05, 3.63) is 45.0 Å². The van der Waals surface area contributed by atoms with Crippen LogP contribution in [0.15, 0.2) is 22.6 Å². The van der Waals surface area contributed by atoms with Gasteiger partial charge in [-0.2, -0.15) is 0 Å². The summed E-state index contributed by atoms with van der Waals surface area (Å²) in [6.07, 6.45) is 7.10. The number of hydrogen-bond donors (Lipinski definition) is 1. The number of furan rings is 1. The van der Waals surface area contributed by atoms with Gasteiger partial charge in [0.25, 0.3) is 5.91 Å².